The number of halogens is 2. The molecule has 6 nitrogen and oxygen atoms in total. The predicted molar refractivity (Wildman–Crippen MR) is 106 cm³/mol. The normalized spacial score (nSPS) is 11.5. The third kappa shape index (κ3) is 5.36. The highest BCUT2D eigenvalue weighted by atomic mass is 79.9. The van der Waals surface area contributed by atoms with Crippen LogP contribution in [0.2, 0.25) is 5.02 Å². The molecule has 0 radical (unpaired) electrons. The van der Waals surface area contributed by atoms with Crippen LogP contribution in [0.4, 0.5) is 0 Å². The number of hydrogen-bond donors (Lipinski definition) is 1. The number of nitrogens with zero attached hydrogens (tertiary/aromatic N) is 1. The van der Waals surface area contributed by atoms with Gasteiger partial charge in [0.15, 0.2) is 11.5 Å². The molecule has 2 rings (SSSR count). The summed E-state index contributed by atoms with van der Waals surface area (Å²) < 4.78 is 36.2. The Hall–Kier alpha value is -1.77. The van der Waals surface area contributed by atoms with Gasteiger partial charge in [0.25, 0.3) is 10.0 Å². The van der Waals surface area contributed by atoms with Crippen LogP contribution >= 0.6 is 27.5 Å². The lowest BCUT2D eigenvalue weighted by Crippen LogP contribution is -2.18. The number of ether oxygens (including phenoxy) is 2. The second-order valence-corrected chi connectivity index (χ2v) is 7.95. The molecule has 0 spiro atoms. The molecule has 9 heteroatoms. The largest absolute Gasteiger partial charge is 0.490 e. The van der Waals surface area contributed by atoms with Crippen molar-refractivity contribution in [2.24, 2.45) is 5.10 Å². The number of rotatable bonds is 8. The minimum atomic E-state index is -3.77. The Morgan fingerprint density at radius 1 is 1.15 bits per heavy atom. The molecule has 140 valence electrons. The maximum Gasteiger partial charge on any atom is 0.276 e. The molecule has 0 saturated carbocycles. The van der Waals surface area contributed by atoms with Gasteiger partial charge >= 0.3 is 0 Å². The first-order valence-corrected chi connectivity index (χ1v) is 10.4. The van der Waals surface area contributed by atoms with E-state index in [9.17, 15) is 8.42 Å². The summed E-state index contributed by atoms with van der Waals surface area (Å²) in [6.07, 6.45) is 1.39. The Labute approximate surface area is 166 Å². The van der Waals surface area contributed by atoms with E-state index in [1.165, 1.54) is 30.5 Å². The third-order valence-corrected chi connectivity index (χ3v) is 5.21. The van der Waals surface area contributed by atoms with E-state index < -0.39 is 10.0 Å². The minimum absolute atomic E-state index is 0.0712. The molecule has 1 N–H and O–H groups in total. The van der Waals surface area contributed by atoms with Crippen molar-refractivity contribution in [2.45, 2.75) is 18.7 Å². The maximum atomic E-state index is 12.2. The molecule has 0 aliphatic carbocycles. The zero-order valence-corrected chi connectivity index (χ0v) is 17.4. The quantitative estimate of drug-likeness (QED) is 0.472. The summed E-state index contributed by atoms with van der Waals surface area (Å²) >= 11 is 9.19. The molecule has 0 fully saturated rings. The van der Waals surface area contributed by atoms with Crippen LogP contribution in [0.3, 0.4) is 0 Å². The molecule has 26 heavy (non-hydrogen) atoms. The number of nitrogens with one attached hydrogen (secondary N) is 1. The fraction of sp³-hybridized carbons (Fsp3) is 0.235. The van der Waals surface area contributed by atoms with Crippen LogP contribution in [0.1, 0.15) is 19.4 Å². The fourth-order valence-corrected chi connectivity index (χ4v) is 3.54. The van der Waals surface area contributed by atoms with Gasteiger partial charge in [0, 0.05) is 5.02 Å². The molecule has 0 aromatic heterocycles. The van der Waals surface area contributed by atoms with Gasteiger partial charge in [-0.05, 0) is 71.7 Å². The molecule has 2 aromatic carbocycles. The fourth-order valence-electron chi connectivity index (χ4n) is 2.05. The van der Waals surface area contributed by atoms with Gasteiger partial charge in [0.2, 0.25) is 0 Å². The Kier molecular flexibility index (Phi) is 7.31. The summed E-state index contributed by atoms with van der Waals surface area (Å²) in [6, 6.07) is 9.28. The van der Waals surface area contributed by atoms with Gasteiger partial charge in [-0.15, -0.1) is 0 Å². The van der Waals surface area contributed by atoms with Crippen molar-refractivity contribution >= 4 is 43.8 Å². The van der Waals surface area contributed by atoms with Gasteiger partial charge < -0.3 is 9.47 Å². The summed E-state index contributed by atoms with van der Waals surface area (Å²) in [4.78, 5) is 2.24. The summed E-state index contributed by atoms with van der Waals surface area (Å²) in [5.41, 5.74) is 0.641. The monoisotopic (exact) mass is 460 g/mol. The number of hydrazone groups is 1. The van der Waals surface area contributed by atoms with E-state index in [0.717, 1.165) is 0 Å². The van der Waals surface area contributed by atoms with Crippen molar-refractivity contribution in [1.29, 1.82) is 0 Å². The molecule has 0 saturated heterocycles. The van der Waals surface area contributed by atoms with Crippen molar-refractivity contribution in [1.82, 2.24) is 4.83 Å². The topological polar surface area (TPSA) is 77.0 Å². The average Bonchev–Trinajstić information content (AvgIpc) is 2.58. The zero-order chi connectivity index (χ0) is 19.2. The highest BCUT2D eigenvalue weighted by Crippen LogP contribution is 2.36. The first-order chi connectivity index (χ1) is 12.4. The highest BCUT2D eigenvalue weighted by Gasteiger charge is 2.13. The zero-order valence-electron chi connectivity index (χ0n) is 14.2. The van der Waals surface area contributed by atoms with E-state index in [1.807, 2.05) is 13.8 Å². The van der Waals surface area contributed by atoms with E-state index >= 15 is 0 Å². The summed E-state index contributed by atoms with van der Waals surface area (Å²) in [5, 5.41) is 4.27. The lowest BCUT2D eigenvalue weighted by molar-refractivity contribution is 0.286. The molecule has 0 unspecified atom stereocenters. The predicted octanol–water partition coefficient (Wildman–Crippen LogP) is 4.21. The number of sulfonamides is 1. The molecule has 0 heterocycles. The van der Waals surface area contributed by atoms with Crippen molar-refractivity contribution in [3.63, 3.8) is 0 Å². The first kappa shape index (κ1) is 20.5. The van der Waals surface area contributed by atoms with E-state index in [2.05, 4.69) is 25.9 Å². The Morgan fingerprint density at radius 2 is 1.81 bits per heavy atom. The van der Waals surface area contributed by atoms with Gasteiger partial charge in [0.1, 0.15) is 0 Å². The minimum Gasteiger partial charge on any atom is -0.490 e. The SMILES string of the molecule is CCOc1cc(/C=N\NS(=O)(=O)c2ccc(Cl)cc2)cc(Br)c1OCC. The highest BCUT2D eigenvalue weighted by molar-refractivity contribution is 9.10. The van der Waals surface area contributed by atoms with E-state index in [1.54, 1.807) is 12.1 Å². The van der Waals surface area contributed by atoms with E-state index in [4.69, 9.17) is 21.1 Å². The second kappa shape index (κ2) is 9.25. The van der Waals surface area contributed by atoms with Crippen molar-refractivity contribution in [2.75, 3.05) is 13.2 Å². The molecule has 0 aliphatic rings. The lowest BCUT2D eigenvalue weighted by Gasteiger charge is -2.13. The smallest absolute Gasteiger partial charge is 0.276 e. The maximum absolute atomic E-state index is 12.2. The van der Waals surface area contributed by atoms with Crippen molar-refractivity contribution < 1.29 is 17.9 Å². The van der Waals surface area contributed by atoms with Crippen LogP contribution < -0.4 is 14.3 Å². The molecule has 0 amide bonds. The van der Waals surface area contributed by atoms with E-state index in [-0.39, 0.29) is 4.90 Å². The molecule has 0 aliphatic heterocycles. The average molecular weight is 462 g/mol. The van der Waals surface area contributed by atoms with Crippen molar-refractivity contribution in [3.8, 4) is 11.5 Å². The van der Waals surface area contributed by atoms with Crippen molar-refractivity contribution in [3.05, 3.63) is 51.5 Å². The van der Waals surface area contributed by atoms with Crippen LogP contribution in [-0.4, -0.2) is 27.8 Å². The summed E-state index contributed by atoms with van der Waals surface area (Å²) in [7, 11) is -3.77. The van der Waals surface area contributed by atoms with E-state index in [0.29, 0.717) is 39.8 Å². The standard InChI is InChI=1S/C17H18BrClN2O4S/c1-3-24-16-10-12(9-15(18)17(16)25-4-2)11-20-21-26(22,23)14-7-5-13(19)6-8-14/h5-11,21H,3-4H2,1-2H3/b20-11-. The summed E-state index contributed by atoms with van der Waals surface area (Å²) in [5.74, 6) is 1.14. The van der Waals surface area contributed by atoms with Gasteiger partial charge in [0.05, 0.1) is 28.8 Å². The second-order valence-electron chi connectivity index (χ2n) is 5.00. The third-order valence-electron chi connectivity index (χ3n) is 3.13. The Balaban J connectivity index is 2.20. The molecule has 0 atom stereocenters. The van der Waals surface area contributed by atoms with Crippen LogP contribution in [-0.2, 0) is 10.0 Å². The van der Waals surface area contributed by atoms with Gasteiger partial charge in [-0.3, -0.25) is 0 Å². The van der Waals surface area contributed by atoms with Crippen LogP contribution in [0.25, 0.3) is 0 Å². The van der Waals surface area contributed by atoms with Crippen LogP contribution in [0.15, 0.2) is 50.9 Å². The lowest BCUT2D eigenvalue weighted by atomic mass is 10.2. The van der Waals surface area contributed by atoms with Gasteiger partial charge in [-0.25, -0.2) is 4.83 Å². The molecular weight excluding hydrogens is 444 g/mol. The van der Waals surface area contributed by atoms with Crippen LogP contribution in [0, 0.1) is 0 Å². The van der Waals surface area contributed by atoms with Crippen LogP contribution in [0.5, 0.6) is 11.5 Å². The number of hydrogen-bond acceptors (Lipinski definition) is 5. The van der Waals surface area contributed by atoms with Gasteiger partial charge in [-0.2, -0.15) is 13.5 Å². The first-order valence-electron chi connectivity index (χ1n) is 7.77. The Bertz CT molecular complexity index is 886. The molecule has 0 bridgehead atoms. The Morgan fingerprint density at radius 3 is 2.42 bits per heavy atom. The number of benzene rings is 2. The molecular formula is C17H18BrClN2O4S. The molecule has 2 aromatic rings. The summed E-state index contributed by atoms with van der Waals surface area (Å²) in [6.45, 7) is 4.71. The van der Waals surface area contributed by atoms with Gasteiger partial charge in [-0.1, -0.05) is 11.6 Å².